The van der Waals surface area contributed by atoms with Crippen molar-refractivity contribution >= 4 is 153 Å². The maximum absolute atomic E-state index is 14.0. The average Bonchev–Trinajstić information content (AvgIpc) is 0.787. The number of nitrogens with one attached hydrogen (secondary N) is 3. The summed E-state index contributed by atoms with van der Waals surface area (Å²) in [7, 11) is -28.2. The summed E-state index contributed by atoms with van der Waals surface area (Å²) >= 11 is 13.6. The third-order valence-electron chi connectivity index (χ3n) is 17.3. The molecule has 123 heavy (non-hydrogen) atoms. The number of ether oxygens (including phenoxy) is 3. The molecule has 0 heterocycles. The standard InChI is InChI=1S/3C27H31BrF2NO6PS2.3Na/c3*1-18(2)12-13-37-26-11-9-22(15-25(26)31-40(3,35)36)21-7-4-19(5-8-21)16-39-17-20-6-10-23(24(28)14-20)27(29,30)38(32,33)34;;;/h3*4-11,14-15,18,31H,12-13,16-17H2,1-3H3,(H2,32,33,34);;;/q;;;3*+1/p-3. The number of sulfonamides is 3. The molecule has 9 aromatic carbocycles. The second-order valence-electron chi connectivity index (χ2n) is 29.0. The predicted molar refractivity (Wildman–Crippen MR) is 474 cm³/mol. The van der Waals surface area contributed by atoms with Gasteiger partial charge in [-0.25, -0.2) is 25.3 Å². The molecule has 0 aliphatic rings. The third-order valence-corrected chi connectivity index (χ3v) is 27.1. The van der Waals surface area contributed by atoms with Crippen molar-refractivity contribution in [3.05, 3.63) is 245 Å². The first-order valence-electron chi connectivity index (χ1n) is 36.6. The molecule has 0 fully saturated rings. The Morgan fingerprint density at radius 1 is 0.366 bits per heavy atom. The van der Waals surface area contributed by atoms with Gasteiger partial charge < -0.3 is 52.7 Å². The fraction of sp³-hybridized carbons (Fsp3) is 0.333. The number of halogens is 9. The van der Waals surface area contributed by atoms with Crippen LogP contribution in [0.25, 0.3) is 33.4 Å². The molecule has 0 amide bonds. The Morgan fingerprint density at radius 2 is 0.593 bits per heavy atom. The van der Waals surface area contributed by atoms with Gasteiger partial charge in [0.25, 0.3) is 5.66 Å². The molecule has 6 N–H and O–H groups in total. The van der Waals surface area contributed by atoms with Crippen molar-refractivity contribution in [2.24, 2.45) is 17.8 Å². The van der Waals surface area contributed by atoms with Gasteiger partial charge in [-0.2, -0.15) is 61.6 Å². The van der Waals surface area contributed by atoms with E-state index in [1.54, 1.807) is 59.9 Å². The van der Waals surface area contributed by atoms with Crippen LogP contribution in [0.15, 0.2) is 195 Å². The van der Waals surface area contributed by atoms with Gasteiger partial charge in [-0.3, -0.25) is 18.7 Å². The molecular weight excluding hydrogens is 2010 g/mol. The molecule has 0 aromatic heterocycles. The molecule has 21 nitrogen and oxygen atoms in total. The van der Waals surface area contributed by atoms with Crippen LogP contribution in [0.2, 0.25) is 0 Å². The number of thioether (sulfide) groups is 3. The van der Waals surface area contributed by atoms with Crippen LogP contribution in [-0.4, -0.2) is 78.5 Å². The van der Waals surface area contributed by atoms with Crippen LogP contribution in [0.1, 0.15) is 111 Å². The van der Waals surface area contributed by atoms with E-state index in [9.17, 15) is 80.0 Å². The van der Waals surface area contributed by atoms with E-state index in [1.165, 1.54) is 48.2 Å². The molecule has 0 saturated carbocycles. The molecule has 0 spiro atoms. The molecule has 0 radical (unpaired) electrons. The van der Waals surface area contributed by atoms with E-state index in [2.05, 4.69) is 103 Å². The smallest absolute Gasteiger partial charge is 0.806 e. The summed E-state index contributed by atoms with van der Waals surface area (Å²) in [6, 6.07) is 50.8. The summed E-state index contributed by atoms with van der Waals surface area (Å²) in [5, 5.41) is 0. The van der Waals surface area contributed by atoms with Gasteiger partial charge in [-0.05, 0) is 158 Å². The van der Waals surface area contributed by atoms with Crippen LogP contribution in [0.3, 0.4) is 0 Å². The molecule has 654 valence electrons. The number of benzene rings is 9. The molecule has 42 heteroatoms. The molecule has 1 atom stereocenters. The van der Waals surface area contributed by atoms with E-state index in [4.69, 9.17) is 28.9 Å². The minimum atomic E-state index is -6.15. The number of hydrogen-bond donors (Lipinski definition) is 6. The minimum Gasteiger partial charge on any atom is -0.806 e. The SMILES string of the molecule is CC(C)CCOc1ccc(-c2ccc(CSCc3ccc(C(F)(F)P(=O)(O)O)c(Br)c3)cc2)cc1NS(C)(=O)=O.CC(C)CCOc1ccc(-c2ccc(CSCc3ccc(C(F)(F)P(=O)([O-])O)c(Br)c3)cc2)cc1NS(C)(=O)=O.CC(C)CCOc1ccc(-c2ccc(CSCc3ccc(C(F)(F)P(=O)([O-])[O-])c(Br)c3)cc2)cc1NS(C)(=O)=O.[Na+].[Na+].[Na+]. The largest absolute Gasteiger partial charge is 1.00 e. The molecule has 0 bridgehead atoms. The van der Waals surface area contributed by atoms with Gasteiger partial charge in [-0.15, -0.1) is 0 Å². The zero-order chi connectivity index (χ0) is 89.2. The second kappa shape index (κ2) is 49.6. The molecule has 0 aliphatic carbocycles. The average molecular weight is 2100 g/mol. The summed E-state index contributed by atoms with van der Waals surface area (Å²) in [6.07, 6.45) is 5.79. The summed E-state index contributed by atoms with van der Waals surface area (Å²) in [5.74, 6) is 6.10. The first kappa shape index (κ1) is 112. The van der Waals surface area contributed by atoms with Crippen molar-refractivity contribution in [2.45, 2.75) is 112 Å². The number of anilines is 3. The van der Waals surface area contributed by atoms with Gasteiger partial charge in [0.1, 0.15) is 17.2 Å². The van der Waals surface area contributed by atoms with E-state index in [1.807, 2.05) is 91.0 Å². The molecular formula is C81H90Br3F6N3Na3O18P3S6. The van der Waals surface area contributed by atoms with Crippen LogP contribution < -0.4 is 132 Å². The Morgan fingerprint density at radius 3 is 0.813 bits per heavy atom. The fourth-order valence-electron chi connectivity index (χ4n) is 10.9. The van der Waals surface area contributed by atoms with Crippen LogP contribution in [0, 0.1) is 17.8 Å². The van der Waals surface area contributed by atoms with Crippen LogP contribution in [0.4, 0.5) is 43.4 Å². The minimum absolute atomic E-state index is 0. The van der Waals surface area contributed by atoms with E-state index in [0.717, 1.165) is 112 Å². The normalized spacial score (nSPS) is 12.6. The summed E-state index contributed by atoms with van der Waals surface area (Å²) < 4.78 is 213. The zero-order valence-electron chi connectivity index (χ0n) is 69.2. The Hall–Kier alpha value is -2.85. The Labute approximate surface area is 819 Å². The Balaban J connectivity index is 0.000000383. The van der Waals surface area contributed by atoms with E-state index in [0.29, 0.717) is 118 Å². The van der Waals surface area contributed by atoms with Crippen LogP contribution in [-0.2, 0) is 95.3 Å². The second-order valence-corrected chi connectivity index (χ2v) is 44.6. The molecule has 1 unspecified atom stereocenters. The molecule has 0 aliphatic heterocycles. The Bertz CT molecular complexity index is 5000. The van der Waals surface area contributed by atoms with E-state index in [-0.39, 0.29) is 102 Å². The summed E-state index contributed by atoms with van der Waals surface area (Å²) in [6.45, 7) is 13.9. The van der Waals surface area contributed by atoms with Gasteiger partial charge in [0.15, 0.2) is 0 Å². The molecule has 9 aromatic rings. The fourth-order valence-corrected chi connectivity index (χ4v) is 19.4. The van der Waals surface area contributed by atoms with Gasteiger partial charge in [0.2, 0.25) is 37.7 Å². The summed E-state index contributed by atoms with van der Waals surface area (Å²) in [4.78, 5) is 59.8. The summed E-state index contributed by atoms with van der Waals surface area (Å²) in [5.41, 5.74) is -4.23. The maximum atomic E-state index is 14.0. The van der Waals surface area contributed by atoms with E-state index >= 15 is 0 Å². The molecule has 0 saturated heterocycles. The zero-order valence-corrected chi connectivity index (χ0v) is 87.5. The third kappa shape index (κ3) is 36.0. The van der Waals surface area contributed by atoms with Gasteiger partial charge in [0, 0.05) is 72.2 Å². The quantitative estimate of drug-likeness (QED) is 0.0118. The number of rotatable bonds is 39. The Kier molecular flexibility index (Phi) is 45.3. The van der Waals surface area contributed by atoms with Gasteiger partial charge in [0.05, 0.1) is 55.7 Å². The van der Waals surface area contributed by atoms with Gasteiger partial charge >= 0.3 is 108 Å². The maximum Gasteiger partial charge on any atom is 1.00 e. The first-order chi connectivity index (χ1) is 55.7. The topological polar surface area (TPSA) is 347 Å². The van der Waals surface area contributed by atoms with Crippen molar-refractivity contribution in [1.82, 2.24) is 0 Å². The van der Waals surface area contributed by atoms with Crippen LogP contribution in [0.5, 0.6) is 17.2 Å². The van der Waals surface area contributed by atoms with Crippen molar-refractivity contribution in [1.29, 1.82) is 0 Å². The number of alkyl halides is 6. The predicted octanol–water partition coefficient (Wildman–Crippen LogP) is 11.8. The van der Waals surface area contributed by atoms with Crippen molar-refractivity contribution in [3.8, 4) is 50.6 Å². The van der Waals surface area contributed by atoms with Crippen molar-refractivity contribution in [2.75, 3.05) is 52.8 Å². The van der Waals surface area contributed by atoms with E-state index < -0.39 is 86.5 Å². The molecule has 9 rings (SSSR count). The van der Waals surface area contributed by atoms with Gasteiger partial charge in [-0.1, -0.05) is 217 Å². The van der Waals surface area contributed by atoms with Crippen LogP contribution >= 0.6 is 106 Å². The first-order valence-corrected chi connectivity index (χ1v) is 52.8. The monoisotopic (exact) mass is 2100 g/mol. The number of hydrogen-bond acceptors (Lipinski definition) is 18. The van der Waals surface area contributed by atoms with Crippen molar-refractivity contribution < 1.29 is 198 Å². The van der Waals surface area contributed by atoms with Crippen molar-refractivity contribution in [3.63, 3.8) is 0 Å².